The first-order chi connectivity index (χ1) is 9.81. The van der Waals surface area contributed by atoms with E-state index in [1.54, 1.807) is 6.07 Å². The summed E-state index contributed by atoms with van der Waals surface area (Å²) in [6, 6.07) is 14.1. The first-order valence-corrected chi connectivity index (χ1v) is 6.97. The fourth-order valence-electron chi connectivity index (χ4n) is 2.54. The lowest BCUT2D eigenvalue weighted by Gasteiger charge is -2.35. The molecule has 0 bridgehead atoms. The van der Waals surface area contributed by atoms with Crippen LogP contribution in [0.3, 0.4) is 0 Å². The molecule has 1 aromatic carbocycles. The van der Waals surface area contributed by atoms with Crippen molar-refractivity contribution in [2.75, 3.05) is 31.1 Å². The summed E-state index contributed by atoms with van der Waals surface area (Å²) in [5, 5.41) is 9.24. The summed E-state index contributed by atoms with van der Waals surface area (Å²) in [6.07, 6.45) is 1.51. The van der Waals surface area contributed by atoms with E-state index in [1.807, 2.05) is 6.07 Å². The molecule has 3 rings (SSSR count). The minimum Gasteiger partial charge on any atom is -0.506 e. The van der Waals surface area contributed by atoms with Crippen LogP contribution in [0, 0.1) is 0 Å². The molecule has 4 nitrogen and oxygen atoms in total. The number of anilines is 1. The van der Waals surface area contributed by atoms with Crippen molar-refractivity contribution in [3.63, 3.8) is 0 Å². The van der Waals surface area contributed by atoms with Crippen LogP contribution in [0.4, 0.5) is 5.69 Å². The summed E-state index contributed by atoms with van der Waals surface area (Å²) in [6.45, 7) is 5.02. The van der Waals surface area contributed by atoms with Crippen LogP contribution in [-0.2, 0) is 6.54 Å². The maximum Gasteiger partial charge on any atom is 0.133 e. The number of pyridine rings is 1. The number of benzene rings is 1. The minimum absolute atomic E-state index is 0.225. The molecule has 0 saturated carbocycles. The average Bonchev–Trinajstić information content (AvgIpc) is 2.51. The number of aromatic nitrogens is 1. The Morgan fingerprint density at radius 1 is 0.950 bits per heavy atom. The molecule has 1 fully saturated rings. The molecule has 1 aliphatic rings. The highest BCUT2D eigenvalue weighted by molar-refractivity contribution is 5.46. The van der Waals surface area contributed by atoms with Gasteiger partial charge in [0.05, 0.1) is 11.9 Å². The summed E-state index contributed by atoms with van der Waals surface area (Å²) < 4.78 is 0. The van der Waals surface area contributed by atoms with E-state index in [-0.39, 0.29) is 5.75 Å². The van der Waals surface area contributed by atoms with Crippen LogP contribution in [0.15, 0.2) is 48.7 Å². The highest BCUT2D eigenvalue weighted by atomic mass is 16.3. The molecule has 0 atom stereocenters. The first-order valence-electron chi connectivity index (χ1n) is 6.97. The molecule has 0 aliphatic carbocycles. The van der Waals surface area contributed by atoms with E-state index in [9.17, 15) is 5.11 Å². The number of para-hydroxylation sites is 1. The number of hydrogen-bond acceptors (Lipinski definition) is 4. The Morgan fingerprint density at radius 3 is 2.35 bits per heavy atom. The van der Waals surface area contributed by atoms with Gasteiger partial charge < -0.3 is 10.0 Å². The highest BCUT2D eigenvalue weighted by Gasteiger charge is 2.17. The molecule has 4 heteroatoms. The van der Waals surface area contributed by atoms with Gasteiger partial charge in [-0.05, 0) is 24.3 Å². The monoisotopic (exact) mass is 269 g/mol. The largest absolute Gasteiger partial charge is 0.506 e. The summed E-state index contributed by atoms with van der Waals surface area (Å²) in [5.41, 5.74) is 2.31. The summed E-state index contributed by atoms with van der Waals surface area (Å²) in [4.78, 5) is 9.06. The van der Waals surface area contributed by atoms with Crippen molar-refractivity contribution in [3.05, 3.63) is 54.4 Å². The molecule has 20 heavy (non-hydrogen) atoms. The van der Waals surface area contributed by atoms with Crippen LogP contribution in [0.25, 0.3) is 0 Å². The fourth-order valence-corrected chi connectivity index (χ4v) is 2.54. The maximum atomic E-state index is 9.24. The molecule has 0 spiro atoms. The summed E-state index contributed by atoms with van der Waals surface area (Å²) in [5.74, 6) is 0.225. The van der Waals surface area contributed by atoms with Gasteiger partial charge in [-0.25, -0.2) is 0 Å². The SMILES string of the molecule is Oc1ccc(CN2CCN(c3ccccc3)CC2)nc1. The van der Waals surface area contributed by atoms with Crippen LogP contribution in [0.2, 0.25) is 0 Å². The van der Waals surface area contributed by atoms with Gasteiger partial charge in [-0.3, -0.25) is 9.88 Å². The zero-order valence-electron chi connectivity index (χ0n) is 11.4. The number of hydrogen-bond donors (Lipinski definition) is 1. The topological polar surface area (TPSA) is 39.6 Å². The lowest BCUT2D eigenvalue weighted by Crippen LogP contribution is -2.46. The van der Waals surface area contributed by atoms with Crippen LogP contribution < -0.4 is 4.90 Å². The molecule has 2 heterocycles. The fraction of sp³-hybridized carbons (Fsp3) is 0.312. The maximum absolute atomic E-state index is 9.24. The molecule has 1 aromatic heterocycles. The predicted molar refractivity (Wildman–Crippen MR) is 79.8 cm³/mol. The zero-order valence-corrected chi connectivity index (χ0v) is 11.4. The van der Waals surface area contributed by atoms with Gasteiger partial charge in [0, 0.05) is 38.4 Å². The van der Waals surface area contributed by atoms with Crippen LogP contribution in [-0.4, -0.2) is 41.2 Å². The summed E-state index contributed by atoms with van der Waals surface area (Å²) in [7, 11) is 0. The third-order valence-electron chi connectivity index (χ3n) is 3.69. The van der Waals surface area contributed by atoms with E-state index in [4.69, 9.17) is 0 Å². The Morgan fingerprint density at radius 2 is 1.70 bits per heavy atom. The average molecular weight is 269 g/mol. The van der Waals surface area contributed by atoms with Gasteiger partial charge in [0.1, 0.15) is 5.75 Å². The van der Waals surface area contributed by atoms with Crippen LogP contribution >= 0.6 is 0 Å². The second-order valence-corrected chi connectivity index (χ2v) is 5.11. The van der Waals surface area contributed by atoms with Crippen molar-refractivity contribution >= 4 is 5.69 Å². The molecular weight excluding hydrogens is 250 g/mol. The number of aromatic hydroxyl groups is 1. The van der Waals surface area contributed by atoms with E-state index in [2.05, 4.69) is 45.1 Å². The molecule has 1 N–H and O–H groups in total. The predicted octanol–water partition coefficient (Wildman–Crippen LogP) is 2.11. The third kappa shape index (κ3) is 3.08. The quantitative estimate of drug-likeness (QED) is 0.926. The minimum atomic E-state index is 0.225. The van der Waals surface area contributed by atoms with Gasteiger partial charge in [-0.2, -0.15) is 0 Å². The Hall–Kier alpha value is -2.07. The van der Waals surface area contributed by atoms with E-state index in [0.29, 0.717) is 0 Å². The second kappa shape index (κ2) is 5.92. The van der Waals surface area contributed by atoms with E-state index in [1.165, 1.54) is 11.9 Å². The molecule has 1 aliphatic heterocycles. The smallest absolute Gasteiger partial charge is 0.133 e. The Balaban J connectivity index is 1.55. The van der Waals surface area contributed by atoms with Crippen molar-refractivity contribution < 1.29 is 5.11 Å². The second-order valence-electron chi connectivity index (χ2n) is 5.11. The zero-order chi connectivity index (χ0) is 13.8. The molecular formula is C16H19N3O. The normalized spacial score (nSPS) is 16.3. The lowest BCUT2D eigenvalue weighted by atomic mass is 10.2. The Labute approximate surface area is 119 Å². The van der Waals surface area contributed by atoms with E-state index in [0.717, 1.165) is 38.4 Å². The van der Waals surface area contributed by atoms with Crippen molar-refractivity contribution in [3.8, 4) is 5.75 Å². The van der Waals surface area contributed by atoms with Crippen molar-refractivity contribution in [1.82, 2.24) is 9.88 Å². The molecule has 104 valence electrons. The number of rotatable bonds is 3. The van der Waals surface area contributed by atoms with Crippen molar-refractivity contribution in [2.24, 2.45) is 0 Å². The van der Waals surface area contributed by atoms with Gasteiger partial charge in [-0.1, -0.05) is 18.2 Å². The van der Waals surface area contributed by atoms with E-state index < -0.39 is 0 Å². The lowest BCUT2D eigenvalue weighted by molar-refractivity contribution is 0.247. The first kappa shape index (κ1) is 12.9. The van der Waals surface area contributed by atoms with Crippen LogP contribution in [0.1, 0.15) is 5.69 Å². The molecule has 0 radical (unpaired) electrons. The molecule has 2 aromatic rings. The van der Waals surface area contributed by atoms with E-state index >= 15 is 0 Å². The number of piperazine rings is 1. The van der Waals surface area contributed by atoms with Crippen molar-refractivity contribution in [2.45, 2.75) is 6.54 Å². The van der Waals surface area contributed by atoms with Gasteiger partial charge in [0.25, 0.3) is 0 Å². The van der Waals surface area contributed by atoms with Gasteiger partial charge >= 0.3 is 0 Å². The van der Waals surface area contributed by atoms with Gasteiger partial charge in [0.2, 0.25) is 0 Å². The Kier molecular flexibility index (Phi) is 3.83. The molecule has 1 saturated heterocycles. The highest BCUT2D eigenvalue weighted by Crippen LogP contribution is 2.16. The molecule has 0 unspecified atom stereocenters. The van der Waals surface area contributed by atoms with Gasteiger partial charge in [-0.15, -0.1) is 0 Å². The Bertz CT molecular complexity index is 533. The number of nitrogens with zero attached hydrogens (tertiary/aromatic N) is 3. The summed E-state index contributed by atoms with van der Waals surface area (Å²) >= 11 is 0. The standard InChI is InChI=1S/C16H19N3O/c20-16-7-6-14(17-12-16)13-18-8-10-19(11-9-18)15-4-2-1-3-5-15/h1-7,12,20H,8-11,13H2. The van der Waals surface area contributed by atoms with Gasteiger partial charge in [0.15, 0.2) is 0 Å². The third-order valence-corrected chi connectivity index (χ3v) is 3.69. The molecule has 0 amide bonds. The van der Waals surface area contributed by atoms with Crippen molar-refractivity contribution in [1.29, 1.82) is 0 Å². The van der Waals surface area contributed by atoms with Crippen LogP contribution in [0.5, 0.6) is 5.75 Å².